The molecule has 2 aliphatic heterocycles. The minimum absolute atomic E-state index is 0.0133. The number of hydrogen-bond acceptors (Lipinski definition) is 8. The Balaban J connectivity index is 1.61. The van der Waals surface area contributed by atoms with Crippen molar-refractivity contribution < 1.29 is 29.5 Å². The molecule has 0 aromatic heterocycles. The second-order valence-electron chi connectivity index (χ2n) is 6.91. The summed E-state index contributed by atoms with van der Waals surface area (Å²) in [5.74, 6) is -0.362. The lowest BCUT2D eigenvalue weighted by molar-refractivity contribution is -0.384. The fourth-order valence-electron chi connectivity index (χ4n) is 3.35. The van der Waals surface area contributed by atoms with Crippen molar-refractivity contribution in [1.82, 2.24) is 9.80 Å². The van der Waals surface area contributed by atoms with Gasteiger partial charge in [-0.25, -0.2) is 4.79 Å². The van der Waals surface area contributed by atoms with E-state index in [9.17, 15) is 29.9 Å². The summed E-state index contributed by atoms with van der Waals surface area (Å²) in [4.78, 5) is 38.0. The lowest BCUT2D eigenvalue weighted by Gasteiger charge is -2.27. The molecule has 2 aliphatic rings. The van der Waals surface area contributed by atoms with Crippen LogP contribution in [0.15, 0.2) is 24.3 Å². The molecule has 0 bridgehead atoms. The number of β-amino-alcohol motifs (C(OH)–C–C–N with tert-alkyl or cyclic N) is 2. The molecule has 2 N–H and O–H groups in total. The Kier molecular flexibility index (Phi) is 6.06. The molecule has 11 heteroatoms. The zero-order chi connectivity index (χ0) is 20.4. The van der Waals surface area contributed by atoms with Crippen molar-refractivity contribution >= 4 is 30.3 Å². The van der Waals surface area contributed by atoms with Gasteiger partial charge in [-0.15, -0.1) is 0 Å². The summed E-state index contributed by atoms with van der Waals surface area (Å²) in [7, 11) is 0. The Morgan fingerprint density at radius 2 is 1.79 bits per heavy atom. The molecule has 0 saturated carbocycles. The van der Waals surface area contributed by atoms with Crippen LogP contribution in [-0.2, 0) is 16.1 Å². The molecule has 4 atom stereocenters. The number of benzene rings is 1. The van der Waals surface area contributed by atoms with E-state index < -0.39 is 29.3 Å². The number of ether oxygens (including phenoxy) is 1. The third kappa shape index (κ3) is 4.37. The van der Waals surface area contributed by atoms with Gasteiger partial charge in [-0.1, -0.05) is 0 Å². The van der Waals surface area contributed by atoms with E-state index in [1.54, 1.807) is 0 Å². The first-order valence-corrected chi connectivity index (χ1v) is 9.27. The van der Waals surface area contributed by atoms with Gasteiger partial charge in [-0.3, -0.25) is 19.8 Å². The minimum atomic E-state index is -1.00. The Hall–Kier alpha value is -2.37. The van der Waals surface area contributed by atoms with Crippen LogP contribution in [0.4, 0.5) is 10.5 Å². The van der Waals surface area contributed by atoms with Crippen molar-refractivity contribution in [2.75, 3.05) is 19.6 Å². The highest BCUT2D eigenvalue weighted by Gasteiger charge is 2.43. The summed E-state index contributed by atoms with van der Waals surface area (Å²) in [5, 5.41) is 29.8. The van der Waals surface area contributed by atoms with Gasteiger partial charge in [0.15, 0.2) is 0 Å². The molecule has 2 fully saturated rings. The summed E-state index contributed by atoms with van der Waals surface area (Å²) in [6.45, 7) is 0.170. The SMILES string of the molecule is O=C([C@@H]1C[C@H](S)CN1C(=O)OCc1ccc([N+](=O)[O-])cc1)N1C[C@@H](O)[C@H](O)C1. The molecule has 0 unspecified atom stereocenters. The Labute approximate surface area is 166 Å². The van der Waals surface area contributed by atoms with Crippen molar-refractivity contribution in [1.29, 1.82) is 0 Å². The van der Waals surface area contributed by atoms with Gasteiger partial charge in [0.2, 0.25) is 5.91 Å². The standard InChI is InChI=1S/C17H21N3O7S/c21-14-7-18(8-15(14)22)16(23)13-5-12(28)6-19(13)17(24)27-9-10-1-3-11(4-2-10)20(25)26/h1-4,12-15,21-22,28H,5-9H2/t12-,13-,14+,15+/m0/s1. The first kappa shape index (κ1) is 20.4. The van der Waals surface area contributed by atoms with E-state index in [-0.39, 0.29) is 43.1 Å². The molecule has 3 rings (SSSR count). The number of amides is 2. The maximum atomic E-state index is 12.7. The summed E-state index contributed by atoms with van der Waals surface area (Å²) in [6.07, 6.45) is -2.34. The number of hydrogen-bond donors (Lipinski definition) is 3. The molecule has 1 aromatic carbocycles. The van der Waals surface area contributed by atoms with Crippen LogP contribution < -0.4 is 0 Å². The van der Waals surface area contributed by atoms with Crippen molar-refractivity contribution in [2.24, 2.45) is 0 Å². The van der Waals surface area contributed by atoms with Crippen LogP contribution in [0.25, 0.3) is 0 Å². The molecule has 10 nitrogen and oxygen atoms in total. The fraction of sp³-hybridized carbons (Fsp3) is 0.529. The number of nitro groups is 1. The van der Waals surface area contributed by atoms with E-state index in [0.29, 0.717) is 12.0 Å². The number of carbonyl (C=O) groups is 2. The van der Waals surface area contributed by atoms with Gasteiger partial charge in [0, 0.05) is 37.0 Å². The lowest BCUT2D eigenvalue weighted by Crippen LogP contribution is -2.47. The van der Waals surface area contributed by atoms with Gasteiger partial charge in [0.05, 0.1) is 17.1 Å². The van der Waals surface area contributed by atoms with Gasteiger partial charge in [0.25, 0.3) is 5.69 Å². The average Bonchev–Trinajstić information content (AvgIpc) is 3.22. The first-order chi connectivity index (χ1) is 13.3. The number of thiol groups is 1. The summed E-state index contributed by atoms with van der Waals surface area (Å²) >= 11 is 4.36. The molecule has 0 radical (unpaired) electrons. The van der Waals surface area contributed by atoms with Crippen molar-refractivity contribution in [2.45, 2.75) is 36.5 Å². The average molecular weight is 411 g/mol. The highest BCUT2D eigenvalue weighted by molar-refractivity contribution is 7.81. The molecule has 28 heavy (non-hydrogen) atoms. The smallest absolute Gasteiger partial charge is 0.410 e. The van der Waals surface area contributed by atoms with Gasteiger partial charge < -0.3 is 19.8 Å². The zero-order valence-electron chi connectivity index (χ0n) is 14.9. The number of nitro benzene ring substituents is 1. The second-order valence-corrected chi connectivity index (χ2v) is 7.64. The largest absolute Gasteiger partial charge is 0.445 e. The zero-order valence-corrected chi connectivity index (χ0v) is 15.8. The van der Waals surface area contributed by atoms with Crippen LogP contribution in [0.1, 0.15) is 12.0 Å². The van der Waals surface area contributed by atoms with Crippen molar-refractivity contribution in [3.63, 3.8) is 0 Å². The van der Waals surface area contributed by atoms with Gasteiger partial charge in [-0.05, 0) is 24.1 Å². The van der Waals surface area contributed by atoms with Crippen LogP contribution in [0, 0.1) is 10.1 Å². The van der Waals surface area contributed by atoms with Gasteiger partial charge in [0.1, 0.15) is 12.6 Å². The Bertz CT molecular complexity index is 750. The number of carbonyl (C=O) groups excluding carboxylic acids is 2. The highest BCUT2D eigenvalue weighted by Crippen LogP contribution is 2.26. The molecule has 2 heterocycles. The Morgan fingerprint density at radius 3 is 2.36 bits per heavy atom. The second kappa shape index (κ2) is 8.33. The molecule has 0 aliphatic carbocycles. The number of likely N-dealkylation sites (tertiary alicyclic amines) is 2. The van der Waals surface area contributed by atoms with Crippen molar-refractivity contribution in [3.05, 3.63) is 39.9 Å². The third-order valence-electron chi connectivity index (χ3n) is 4.88. The molecule has 152 valence electrons. The summed E-state index contributed by atoms with van der Waals surface area (Å²) in [5.41, 5.74) is 0.516. The maximum Gasteiger partial charge on any atom is 0.410 e. The first-order valence-electron chi connectivity index (χ1n) is 8.76. The lowest BCUT2D eigenvalue weighted by atomic mass is 10.2. The number of non-ortho nitro benzene ring substituents is 1. The number of rotatable bonds is 4. The van der Waals surface area contributed by atoms with E-state index in [2.05, 4.69) is 12.6 Å². The Morgan fingerprint density at radius 1 is 1.18 bits per heavy atom. The normalized spacial score (nSPS) is 27.1. The summed E-state index contributed by atoms with van der Waals surface area (Å²) < 4.78 is 5.26. The number of aliphatic hydroxyl groups excluding tert-OH is 2. The van der Waals surface area contributed by atoms with Crippen molar-refractivity contribution in [3.8, 4) is 0 Å². The topological polar surface area (TPSA) is 133 Å². The minimum Gasteiger partial charge on any atom is -0.445 e. The van der Waals surface area contributed by atoms with Gasteiger partial charge >= 0.3 is 6.09 Å². The predicted molar refractivity (Wildman–Crippen MR) is 99.8 cm³/mol. The van der Waals surface area contributed by atoms with Crippen LogP contribution in [0.3, 0.4) is 0 Å². The number of nitrogens with zero attached hydrogens (tertiary/aromatic N) is 3. The molecule has 1 aromatic rings. The molecular weight excluding hydrogens is 390 g/mol. The molecule has 0 spiro atoms. The highest BCUT2D eigenvalue weighted by atomic mass is 32.1. The maximum absolute atomic E-state index is 12.7. The van der Waals surface area contributed by atoms with E-state index in [0.717, 1.165) is 0 Å². The van der Waals surface area contributed by atoms with Gasteiger partial charge in [-0.2, -0.15) is 12.6 Å². The van der Waals surface area contributed by atoms with E-state index in [1.165, 1.54) is 34.1 Å². The molecule has 2 saturated heterocycles. The molecule has 2 amide bonds. The van der Waals surface area contributed by atoms with Crippen LogP contribution in [0.5, 0.6) is 0 Å². The van der Waals surface area contributed by atoms with E-state index in [4.69, 9.17) is 4.74 Å². The molecular formula is C17H21N3O7S. The summed E-state index contributed by atoms with van der Waals surface area (Å²) in [6, 6.07) is 4.85. The third-order valence-corrected chi connectivity index (χ3v) is 5.25. The number of aliphatic hydroxyl groups is 2. The predicted octanol–water partition coefficient (Wildman–Crippen LogP) is 0.168. The van der Waals surface area contributed by atoms with Crippen LogP contribution in [-0.4, -0.2) is 80.1 Å². The quantitative estimate of drug-likeness (QED) is 0.365. The fourth-order valence-corrected chi connectivity index (χ4v) is 3.73. The van der Waals surface area contributed by atoms with Crippen LogP contribution in [0.2, 0.25) is 0 Å². The van der Waals surface area contributed by atoms with E-state index >= 15 is 0 Å². The van der Waals surface area contributed by atoms with Crippen LogP contribution >= 0.6 is 12.6 Å². The monoisotopic (exact) mass is 411 g/mol. The van der Waals surface area contributed by atoms with E-state index in [1.807, 2.05) is 0 Å².